The van der Waals surface area contributed by atoms with Crippen LogP contribution in [0.3, 0.4) is 0 Å². The number of aromatic nitrogens is 1. The van der Waals surface area contributed by atoms with Gasteiger partial charge in [-0.2, -0.15) is 0 Å². The molecule has 0 aliphatic heterocycles. The summed E-state index contributed by atoms with van der Waals surface area (Å²) in [6, 6.07) is 5.54. The molecule has 21 heavy (non-hydrogen) atoms. The smallest absolute Gasteiger partial charge is 0.129 e. The lowest BCUT2D eigenvalue weighted by Crippen LogP contribution is -2.31. The number of hydrogen-bond acceptors (Lipinski definition) is 3. The average molecular weight is 291 g/mol. The summed E-state index contributed by atoms with van der Waals surface area (Å²) in [5.41, 5.74) is 2.51. The van der Waals surface area contributed by atoms with Gasteiger partial charge in [0.25, 0.3) is 0 Å². The SMILES string of the molecule is CCC(CC)N(C)c1cc(CNC(C)C)cc(C(C)C)n1. The monoisotopic (exact) mass is 291 g/mol. The van der Waals surface area contributed by atoms with Gasteiger partial charge in [0.15, 0.2) is 0 Å². The highest BCUT2D eigenvalue weighted by Gasteiger charge is 2.15. The second kappa shape index (κ2) is 8.38. The van der Waals surface area contributed by atoms with Crippen LogP contribution in [0.5, 0.6) is 0 Å². The number of rotatable bonds is 8. The van der Waals surface area contributed by atoms with E-state index in [4.69, 9.17) is 4.98 Å². The number of nitrogens with one attached hydrogen (secondary N) is 1. The van der Waals surface area contributed by atoms with Gasteiger partial charge in [-0.15, -0.1) is 0 Å². The zero-order valence-electron chi connectivity index (χ0n) is 14.9. The van der Waals surface area contributed by atoms with Crippen LogP contribution in [0.25, 0.3) is 0 Å². The molecule has 0 radical (unpaired) electrons. The van der Waals surface area contributed by atoms with Crippen LogP contribution in [0.15, 0.2) is 12.1 Å². The fraction of sp³-hybridized carbons (Fsp3) is 0.722. The van der Waals surface area contributed by atoms with Crippen molar-refractivity contribution in [3.63, 3.8) is 0 Å². The summed E-state index contributed by atoms with van der Waals surface area (Å²) in [5.74, 6) is 1.56. The minimum absolute atomic E-state index is 0.456. The molecule has 0 unspecified atom stereocenters. The van der Waals surface area contributed by atoms with Crippen molar-refractivity contribution in [2.75, 3.05) is 11.9 Å². The number of pyridine rings is 1. The Morgan fingerprint density at radius 2 is 1.71 bits per heavy atom. The molecule has 0 aliphatic rings. The van der Waals surface area contributed by atoms with Gasteiger partial charge in [-0.1, -0.05) is 41.5 Å². The molecule has 0 saturated heterocycles. The lowest BCUT2D eigenvalue weighted by molar-refractivity contribution is 0.578. The molecule has 0 amide bonds. The van der Waals surface area contributed by atoms with Crippen LogP contribution >= 0.6 is 0 Å². The Hall–Kier alpha value is -1.09. The van der Waals surface area contributed by atoms with Crippen LogP contribution in [-0.2, 0) is 6.54 Å². The summed E-state index contributed by atoms with van der Waals surface area (Å²) in [4.78, 5) is 7.21. The fourth-order valence-corrected chi connectivity index (χ4v) is 2.52. The van der Waals surface area contributed by atoms with Crippen molar-refractivity contribution in [1.29, 1.82) is 0 Å². The lowest BCUT2D eigenvalue weighted by Gasteiger charge is -2.28. The molecule has 0 atom stereocenters. The molecular formula is C18H33N3. The van der Waals surface area contributed by atoms with Gasteiger partial charge in [0.05, 0.1) is 0 Å². The first kappa shape index (κ1) is 18.0. The summed E-state index contributed by atoms with van der Waals surface area (Å²) < 4.78 is 0. The van der Waals surface area contributed by atoms with Crippen LogP contribution in [0.2, 0.25) is 0 Å². The van der Waals surface area contributed by atoms with E-state index in [1.807, 2.05) is 0 Å². The van der Waals surface area contributed by atoms with Gasteiger partial charge >= 0.3 is 0 Å². The second-order valence-corrected chi connectivity index (χ2v) is 6.53. The molecule has 0 aliphatic carbocycles. The van der Waals surface area contributed by atoms with Gasteiger partial charge in [-0.25, -0.2) is 4.98 Å². The topological polar surface area (TPSA) is 28.2 Å². The highest BCUT2D eigenvalue weighted by molar-refractivity contribution is 5.43. The predicted octanol–water partition coefficient (Wildman–Crippen LogP) is 4.33. The summed E-state index contributed by atoms with van der Waals surface area (Å²) in [6.07, 6.45) is 2.31. The standard InChI is InChI=1S/C18H33N3/c1-8-16(9-2)21(7)18-11-15(12-19-14(5)6)10-17(20-18)13(3)4/h10-11,13-14,16,19H,8-9,12H2,1-7H3. The first-order valence-corrected chi connectivity index (χ1v) is 8.36. The summed E-state index contributed by atoms with van der Waals surface area (Å²) in [6.45, 7) is 14.2. The van der Waals surface area contributed by atoms with E-state index in [0.29, 0.717) is 18.0 Å². The van der Waals surface area contributed by atoms with Crippen molar-refractivity contribution < 1.29 is 0 Å². The molecule has 1 aromatic rings. The molecule has 0 fully saturated rings. The molecule has 120 valence electrons. The molecule has 0 bridgehead atoms. The number of hydrogen-bond donors (Lipinski definition) is 1. The van der Waals surface area contributed by atoms with Crippen molar-refractivity contribution in [3.8, 4) is 0 Å². The highest BCUT2D eigenvalue weighted by atomic mass is 15.2. The van der Waals surface area contributed by atoms with E-state index in [1.165, 1.54) is 11.3 Å². The van der Waals surface area contributed by atoms with E-state index in [9.17, 15) is 0 Å². The summed E-state index contributed by atoms with van der Waals surface area (Å²) in [5, 5.41) is 3.50. The minimum atomic E-state index is 0.456. The van der Waals surface area contributed by atoms with Crippen molar-refractivity contribution in [1.82, 2.24) is 10.3 Å². The summed E-state index contributed by atoms with van der Waals surface area (Å²) >= 11 is 0. The molecular weight excluding hydrogens is 258 g/mol. The van der Waals surface area contributed by atoms with Crippen LogP contribution < -0.4 is 10.2 Å². The third-order valence-corrected chi connectivity index (χ3v) is 4.05. The molecule has 1 aromatic heterocycles. The van der Waals surface area contributed by atoms with Gasteiger partial charge in [0.1, 0.15) is 5.82 Å². The zero-order chi connectivity index (χ0) is 16.0. The van der Waals surface area contributed by atoms with E-state index >= 15 is 0 Å². The van der Waals surface area contributed by atoms with Gasteiger partial charge < -0.3 is 10.2 Å². The minimum Gasteiger partial charge on any atom is -0.357 e. The van der Waals surface area contributed by atoms with Gasteiger partial charge in [0.2, 0.25) is 0 Å². The highest BCUT2D eigenvalue weighted by Crippen LogP contribution is 2.22. The van der Waals surface area contributed by atoms with Crippen molar-refractivity contribution in [2.24, 2.45) is 0 Å². The molecule has 0 spiro atoms. The molecule has 0 aromatic carbocycles. The molecule has 1 rings (SSSR count). The maximum absolute atomic E-state index is 4.87. The van der Waals surface area contributed by atoms with E-state index in [2.05, 4.69) is 70.9 Å². The Morgan fingerprint density at radius 3 is 2.19 bits per heavy atom. The Balaban J connectivity index is 3.06. The Morgan fingerprint density at radius 1 is 1.10 bits per heavy atom. The van der Waals surface area contributed by atoms with Gasteiger partial charge in [0, 0.05) is 31.4 Å². The van der Waals surface area contributed by atoms with Crippen LogP contribution in [0.1, 0.15) is 71.6 Å². The maximum Gasteiger partial charge on any atom is 0.129 e. The van der Waals surface area contributed by atoms with Crippen LogP contribution in [0.4, 0.5) is 5.82 Å². The van der Waals surface area contributed by atoms with Gasteiger partial charge in [-0.3, -0.25) is 0 Å². The van der Waals surface area contributed by atoms with E-state index in [0.717, 1.165) is 25.2 Å². The quantitative estimate of drug-likeness (QED) is 0.773. The zero-order valence-corrected chi connectivity index (χ0v) is 14.9. The molecule has 1 N–H and O–H groups in total. The Bertz CT molecular complexity index is 422. The van der Waals surface area contributed by atoms with Crippen molar-refractivity contribution in [2.45, 2.75) is 78.9 Å². The van der Waals surface area contributed by atoms with Gasteiger partial charge in [-0.05, 0) is 36.5 Å². The van der Waals surface area contributed by atoms with Crippen molar-refractivity contribution >= 4 is 5.82 Å². The third-order valence-electron chi connectivity index (χ3n) is 4.05. The fourth-order valence-electron chi connectivity index (χ4n) is 2.52. The van der Waals surface area contributed by atoms with Crippen LogP contribution in [0, 0.1) is 0 Å². The summed E-state index contributed by atoms with van der Waals surface area (Å²) in [7, 11) is 2.17. The van der Waals surface area contributed by atoms with E-state index < -0.39 is 0 Å². The normalized spacial score (nSPS) is 11.7. The molecule has 3 heteroatoms. The molecule has 0 saturated carbocycles. The van der Waals surface area contributed by atoms with Crippen LogP contribution in [-0.4, -0.2) is 24.1 Å². The largest absolute Gasteiger partial charge is 0.357 e. The third kappa shape index (κ3) is 5.31. The maximum atomic E-state index is 4.87. The number of anilines is 1. The first-order valence-electron chi connectivity index (χ1n) is 8.36. The van der Waals surface area contributed by atoms with E-state index in [1.54, 1.807) is 0 Å². The average Bonchev–Trinajstić information content (AvgIpc) is 2.45. The lowest BCUT2D eigenvalue weighted by atomic mass is 10.1. The molecule has 1 heterocycles. The Labute approximate surface area is 131 Å². The first-order chi connectivity index (χ1) is 9.88. The molecule has 3 nitrogen and oxygen atoms in total. The Kier molecular flexibility index (Phi) is 7.16. The number of nitrogens with zero attached hydrogens (tertiary/aromatic N) is 2. The van der Waals surface area contributed by atoms with Crippen molar-refractivity contribution in [3.05, 3.63) is 23.4 Å². The second-order valence-electron chi connectivity index (χ2n) is 6.53. The van der Waals surface area contributed by atoms with E-state index in [-0.39, 0.29) is 0 Å². The predicted molar refractivity (Wildman–Crippen MR) is 93.1 cm³/mol.